The normalized spacial score (nSPS) is 20.1. The number of rotatable bonds is 6. The summed E-state index contributed by atoms with van der Waals surface area (Å²) in [6.07, 6.45) is 0.636. The molecule has 19 heavy (non-hydrogen) atoms. The van der Waals surface area contributed by atoms with Crippen LogP contribution in [0.5, 0.6) is 0 Å². The molecule has 0 aromatic carbocycles. The monoisotopic (exact) mass is 274 g/mol. The van der Waals surface area contributed by atoms with Gasteiger partial charge in [-0.05, 0) is 33.7 Å². The highest BCUT2D eigenvalue weighted by Gasteiger charge is 2.15. The maximum atomic E-state index is 11.3. The summed E-state index contributed by atoms with van der Waals surface area (Å²) in [5.41, 5.74) is -0.444. The van der Waals surface area contributed by atoms with Gasteiger partial charge in [0.05, 0.1) is 25.9 Å². The van der Waals surface area contributed by atoms with Crippen molar-refractivity contribution >= 4 is 6.09 Å². The Bertz CT molecular complexity index is 260. The maximum absolute atomic E-state index is 11.3. The molecule has 0 aromatic rings. The van der Waals surface area contributed by atoms with E-state index in [9.17, 15) is 4.79 Å². The molecule has 1 heterocycles. The fourth-order valence-corrected chi connectivity index (χ4v) is 1.64. The van der Waals surface area contributed by atoms with Crippen molar-refractivity contribution in [1.29, 1.82) is 0 Å². The zero-order chi connectivity index (χ0) is 14.1. The molecular weight excluding hydrogens is 248 g/mol. The summed E-state index contributed by atoms with van der Waals surface area (Å²) in [5.74, 6) is 0. The minimum absolute atomic E-state index is 0.146. The summed E-state index contributed by atoms with van der Waals surface area (Å²) in [4.78, 5) is 11.3. The van der Waals surface area contributed by atoms with Crippen molar-refractivity contribution in [1.82, 2.24) is 10.6 Å². The van der Waals surface area contributed by atoms with E-state index in [0.717, 1.165) is 19.5 Å². The Morgan fingerprint density at radius 3 is 2.74 bits per heavy atom. The van der Waals surface area contributed by atoms with E-state index < -0.39 is 5.60 Å². The van der Waals surface area contributed by atoms with E-state index in [-0.39, 0.29) is 12.2 Å². The molecule has 1 atom stereocenters. The molecule has 1 unspecified atom stereocenters. The molecule has 0 aliphatic carbocycles. The minimum atomic E-state index is -0.444. The number of ether oxygens (including phenoxy) is 3. The zero-order valence-corrected chi connectivity index (χ0v) is 12.2. The average Bonchev–Trinajstić information content (AvgIpc) is 2.32. The van der Waals surface area contributed by atoms with Crippen molar-refractivity contribution in [3.8, 4) is 0 Å². The Labute approximate surface area is 115 Å². The molecule has 112 valence electrons. The van der Waals surface area contributed by atoms with E-state index in [1.54, 1.807) is 0 Å². The van der Waals surface area contributed by atoms with Crippen LogP contribution in [0.25, 0.3) is 0 Å². The second-order valence-corrected chi connectivity index (χ2v) is 5.55. The van der Waals surface area contributed by atoms with Gasteiger partial charge < -0.3 is 24.8 Å². The lowest BCUT2D eigenvalue weighted by Crippen LogP contribution is -2.38. The van der Waals surface area contributed by atoms with Crippen LogP contribution in [0, 0.1) is 0 Å². The van der Waals surface area contributed by atoms with Crippen molar-refractivity contribution in [2.75, 3.05) is 39.5 Å². The SMILES string of the molecule is CC(C)(C)OC(=O)NCCCNCC1COCCO1. The van der Waals surface area contributed by atoms with Crippen LogP contribution in [0.1, 0.15) is 27.2 Å². The van der Waals surface area contributed by atoms with Crippen LogP contribution >= 0.6 is 0 Å². The number of hydrogen-bond acceptors (Lipinski definition) is 5. The van der Waals surface area contributed by atoms with Gasteiger partial charge in [0.2, 0.25) is 0 Å². The Kier molecular flexibility index (Phi) is 7.12. The van der Waals surface area contributed by atoms with Crippen molar-refractivity contribution < 1.29 is 19.0 Å². The van der Waals surface area contributed by atoms with Gasteiger partial charge in [0.1, 0.15) is 5.60 Å². The third-order valence-corrected chi connectivity index (χ3v) is 2.46. The molecule has 6 heteroatoms. The van der Waals surface area contributed by atoms with Crippen molar-refractivity contribution in [3.63, 3.8) is 0 Å². The third kappa shape index (κ3) is 8.80. The number of alkyl carbamates (subject to hydrolysis) is 1. The molecule has 0 saturated carbocycles. The molecule has 1 saturated heterocycles. The smallest absolute Gasteiger partial charge is 0.407 e. The van der Waals surface area contributed by atoms with E-state index in [2.05, 4.69) is 10.6 Å². The van der Waals surface area contributed by atoms with Gasteiger partial charge in [0.25, 0.3) is 0 Å². The van der Waals surface area contributed by atoms with Crippen molar-refractivity contribution in [2.24, 2.45) is 0 Å². The first-order valence-corrected chi connectivity index (χ1v) is 6.84. The van der Waals surface area contributed by atoms with Gasteiger partial charge in [-0.2, -0.15) is 0 Å². The summed E-state index contributed by atoms with van der Waals surface area (Å²) in [7, 11) is 0. The molecule has 6 nitrogen and oxygen atoms in total. The van der Waals surface area contributed by atoms with Gasteiger partial charge in [-0.3, -0.25) is 0 Å². The first-order valence-electron chi connectivity index (χ1n) is 6.84. The largest absolute Gasteiger partial charge is 0.444 e. The second-order valence-electron chi connectivity index (χ2n) is 5.55. The topological polar surface area (TPSA) is 68.8 Å². The molecule has 1 aliphatic rings. The van der Waals surface area contributed by atoms with Crippen LogP contribution < -0.4 is 10.6 Å². The van der Waals surface area contributed by atoms with E-state index in [1.165, 1.54) is 0 Å². The molecule has 0 bridgehead atoms. The fraction of sp³-hybridized carbons (Fsp3) is 0.923. The number of nitrogens with one attached hydrogen (secondary N) is 2. The quantitative estimate of drug-likeness (QED) is 0.705. The summed E-state index contributed by atoms with van der Waals surface area (Å²) in [6, 6.07) is 0. The van der Waals surface area contributed by atoms with E-state index in [0.29, 0.717) is 26.4 Å². The molecule has 0 spiro atoms. The lowest BCUT2D eigenvalue weighted by atomic mass is 10.2. The van der Waals surface area contributed by atoms with Crippen molar-refractivity contribution in [3.05, 3.63) is 0 Å². The van der Waals surface area contributed by atoms with Gasteiger partial charge in [-0.15, -0.1) is 0 Å². The molecule has 2 N–H and O–H groups in total. The predicted molar refractivity (Wildman–Crippen MR) is 72.3 cm³/mol. The predicted octanol–water partition coefficient (Wildman–Crippen LogP) is 0.906. The van der Waals surface area contributed by atoms with Crippen LogP contribution in [0.15, 0.2) is 0 Å². The maximum Gasteiger partial charge on any atom is 0.407 e. The molecule has 1 rings (SSSR count). The van der Waals surface area contributed by atoms with Gasteiger partial charge >= 0.3 is 6.09 Å². The van der Waals surface area contributed by atoms with Gasteiger partial charge in [0.15, 0.2) is 0 Å². The van der Waals surface area contributed by atoms with Crippen LogP contribution in [0.2, 0.25) is 0 Å². The van der Waals surface area contributed by atoms with E-state index in [4.69, 9.17) is 14.2 Å². The lowest BCUT2D eigenvalue weighted by Gasteiger charge is -2.23. The second kappa shape index (κ2) is 8.35. The number of amides is 1. The fourth-order valence-electron chi connectivity index (χ4n) is 1.64. The molecule has 0 radical (unpaired) electrons. The number of hydrogen-bond donors (Lipinski definition) is 2. The van der Waals surface area contributed by atoms with E-state index >= 15 is 0 Å². The molecular formula is C13H26N2O4. The number of carbonyl (C=O) groups is 1. The summed E-state index contributed by atoms with van der Waals surface area (Å²) in [6.45, 7) is 9.78. The lowest BCUT2D eigenvalue weighted by molar-refractivity contribution is -0.0862. The van der Waals surface area contributed by atoms with Crippen LogP contribution in [0.4, 0.5) is 4.79 Å². The van der Waals surface area contributed by atoms with Gasteiger partial charge in [-0.25, -0.2) is 4.79 Å². The highest BCUT2D eigenvalue weighted by molar-refractivity contribution is 5.67. The molecule has 1 aliphatic heterocycles. The van der Waals surface area contributed by atoms with E-state index in [1.807, 2.05) is 20.8 Å². The Balaban J connectivity index is 1.92. The van der Waals surface area contributed by atoms with Crippen LogP contribution in [-0.2, 0) is 14.2 Å². The Hall–Kier alpha value is -0.850. The standard InChI is InChI=1S/C13H26N2O4/c1-13(2,3)19-12(16)15-6-4-5-14-9-11-10-17-7-8-18-11/h11,14H,4-10H2,1-3H3,(H,15,16). The first kappa shape index (κ1) is 16.2. The molecule has 1 fully saturated rings. The molecule has 0 aromatic heterocycles. The summed E-state index contributed by atoms with van der Waals surface area (Å²) in [5, 5.41) is 6.00. The van der Waals surface area contributed by atoms with Crippen LogP contribution in [-0.4, -0.2) is 57.3 Å². The van der Waals surface area contributed by atoms with Gasteiger partial charge in [-0.1, -0.05) is 0 Å². The minimum Gasteiger partial charge on any atom is -0.444 e. The summed E-state index contributed by atoms with van der Waals surface area (Å²) >= 11 is 0. The summed E-state index contributed by atoms with van der Waals surface area (Å²) < 4.78 is 15.9. The highest BCUT2D eigenvalue weighted by atomic mass is 16.6. The first-order chi connectivity index (χ1) is 8.97. The average molecular weight is 274 g/mol. The van der Waals surface area contributed by atoms with Crippen LogP contribution in [0.3, 0.4) is 0 Å². The third-order valence-electron chi connectivity index (χ3n) is 2.46. The Morgan fingerprint density at radius 1 is 1.32 bits per heavy atom. The molecule has 1 amide bonds. The van der Waals surface area contributed by atoms with Gasteiger partial charge in [0, 0.05) is 13.1 Å². The Morgan fingerprint density at radius 2 is 2.11 bits per heavy atom. The zero-order valence-electron chi connectivity index (χ0n) is 12.2. The van der Waals surface area contributed by atoms with Crippen molar-refractivity contribution in [2.45, 2.75) is 38.9 Å². The highest BCUT2D eigenvalue weighted by Crippen LogP contribution is 2.06. The number of carbonyl (C=O) groups excluding carboxylic acids is 1.